The molecule has 0 heterocycles. The Morgan fingerprint density at radius 1 is 1.05 bits per heavy atom. The number of benzene rings is 1. The van der Waals surface area contributed by atoms with Crippen LogP contribution in [0.4, 0.5) is 0 Å². The van der Waals surface area contributed by atoms with Crippen LogP contribution in [-0.2, 0) is 11.3 Å². The summed E-state index contributed by atoms with van der Waals surface area (Å²) in [4.78, 5) is 11.9. The molecule has 1 rings (SSSR count). The number of hydrogen-bond donors (Lipinski definition) is 2. The van der Waals surface area contributed by atoms with Gasteiger partial charge in [0.25, 0.3) is 0 Å². The molecule has 0 bridgehead atoms. The molecule has 1 amide bonds. The van der Waals surface area contributed by atoms with Crippen molar-refractivity contribution in [1.82, 2.24) is 10.6 Å². The highest BCUT2D eigenvalue weighted by Crippen LogP contribution is 2.26. The van der Waals surface area contributed by atoms with Gasteiger partial charge < -0.3 is 10.6 Å². The van der Waals surface area contributed by atoms with E-state index in [2.05, 4.69) is 45.3 Å². The van der Waals surface area contributed by atoms with Crippen LogP contribution in [0.1, 0.15) is 46.6 Å². The third-order valence-corrected chi connectivity index (χ3v) is 3.03. The van der Waals surface area contributed by atoms with Crippen LogP contribution in [0.2, 0.25) is 0 Å². The average molecular weight is 276 g/mol. The first-order chi connectivity index (χ1) is 9.18. The molecule has 0 radical (unpaired) electrons. The fraction of sp³-hybridized carbons (Fsp3) is 0.588. The van der Waals surface area contributed by atoms with Gasteiger partial charge in [-0.1, -0.05) is 51.1 Å². The standard InChI is InChI=1S/C17H28N2O/c1-16(2,3)13-17(4,5)19-12-15(20)18-11-14-9-7-6-8-10-14/h6-10,19H,11-13H2,1-5H3,(H,18,20). The molecular formula is C17H28N2O. The van der Waals surface area contributed by atoms with Crippen molar-refractivity contribution in [2.24, 2.45) is 5.41 Å². The highest BCUT2D eigenvalue weighted by molar-refractivity contribution is 5.78. The summed E-state index contributed by atoms with van der Waals surface area (Å²) in [5.41, 5.74) is 1.33. The van der Waals surface area contributed by atoms with Crippen LogP contribution in [0.3, 0.4) is 0 Å². The highest BCUT2D eigenvalue weighted by Gasteiger charge is 2.25. The molecule has 0 aliphatic carbocycles. The molecule has 1 aromatic rings. The van der Waals surface area contributed by atoms with Crippen molar-refractivity contribution in [1.29, 1.82) is 0 Å². The molecular weight excluding hydrogens is 248 g/mol. The summed E-state index contributed by atoms with van der Waals surface area (Å²) in [5, 5.41) is 6.27. The van der Waals surface area contributed by atoms with E-state index in [4.69, 9.17) is 0 Å². The fourth-order valence-corrected chi connectivity index (χ4v) is 2.57. The quantitative estimate of drug-likeness (QED) is 0.838. The van der Waals surface area contributed by atoms with E-state index in [1.54, 1.807) is 0 Å². The SMILES string of the molecule is CC(C)(C)CC(C)(C)NCC(=O)NCc1ccccc1. The van der Waals surface area contributed by atoms with Crippen molar-refractivity contribution < 1.29 is 4.79 Å². The number of hydrogen-bond acceptors (Lipinski definition) is 2. The summed E-state index contributed by atoms with van der Waals surface area (Å²) in [6, 6.07) is 9.95. The summed E-state index contributed by atoms with van der Waals surface area (Å²) in [6.45, 7) is 11.9. The summed E-state index contributed by atoms with van der Waals surface area (Å²) >= 11 is 0. The lowest BCUT2D eigenvalue weighted by molar-refractivity contribution is -0.120. The third kappa shape index (κ3) is 7.29. The second-order valence-corrected chi connectivity index (χ2v) is 7.24. The van der Waals surface area contributed by atoms with Gasteiger partial charge in [0.2, 0.25) is 5.91 Å². The number of carbonyl (C=O) groups is 1. The Bertz CT molecular complexity index is 418. The largest absolute Gasteiger partial charge is 0.351 e. The molecule has 0 aliphatic heterocycles. The van der Waals surface area contributed by atoms with Gasteiger partial charge in [0.15, 0.2) is 0 Å². The first-order valence-electron chi connectivity index (χ1n) is 7.24. The lowest BCUT2D eigenvalue weighted by Gasteiger charge is -2.33. The molecule has 1 aromatic carbocycles. The molecule has 3 heteroatoms. The predicted molar refractivity (Wildman–Crippen MR) is 84.4 cm³/mol. The van der Waals surface area contributed by atoms with Crippen molar-refractivity contribution in [2.45, 2.75) is 53.1 Å². The highest BCUT2D eigenvalue weighted by atomic mass is 16.1. The molecule has 0 spiro atoms. The van der Waals surface area contributed by atoms with E-state index >= 15 is 0 Å². The van der Waals surface area contributed by atoms with Gasteiger partial charge in [-0.2, -0.15) is 0 Å². The summed E-state index contributed by atoms with van der Waals surface area (Å²) in [5.74, 6) is 0.0378. The van der Waals surface area contributed by atoms with Crippen molar-refractivity contribution in [3.63, 3.8) is 0 Å². The molecule has 0 unspecified atom stereocenters. The molecule has 0 saturated heterocycles. The van der Waals surface area contributed by atoms with Gasteiger partial charge in [0, 0.05) is 12.1 Å². The van der Waals surface area contributed by atoms with E-state index in [0.717, 1.165) is 12.0 Å². The molecule has 0 aromatic heterocycles. The maximum absolute atomic E-state index is 11.9. The van der Waals surface area contributed by atoms with Crippen LogP contribution < -0.4 is 10.6 Å². The van der Waals surface area contributed by atoms with Crippen molar-refractivity contribution in [3.8, 4) is 0 Å². The first kappa shape index (κ1) is 16.7. The fourth-order valence-electron chi connectivity index (χ4n) is 2.57. The normalized spacial score (nSPS) is 12.2. The number of carbonyl (C=O) groups excluding carboxylic acids is 1. The van der Waals surface area contributed by atoms with Gasteiger partial charge in [-0.15, -0.1) is 0 Å². The zero-order valence-corrected chi connectivity index (χ0v) is 13.4. The number of rotatable bonds is 6. The molecule has 0 aliphatic rings. The van der Waals surface area contributed by atoms with E-state index in [0.29, 0.717) is 13.1 Å². The Hall–Kier alpha value is -1.35. The van der Waals surface area contributed by atoms with Crippen LogP contribution in [0, 0.1) is 5.41 Å². The summed E-state index contributed by atoms with van der Waals surface area (Å²) in [6.07, 6.45) is 1.02. The smallest absolute Gasteiger partial charge is 0.234 e. The maximum Gasteiger partial charge on any atom is 0.234 e. The van der Waals surface area contributed by atoms with E-state index < -0.39 is 0 Å². The van der Waals surface area contributed by atoms with Gasteiger partial charge in [0.1, 0.15) is 0 Å². The Kier molecular flexibility index (Phi) is 5.75. The minimum Gasteiger partial charge on any atom is -0.351 e. The molecule has 0 saturated carbocycles. The van der Waals surface area contributed by atoms with Gasteiger partial charge in [-0.05, 0) is 31.2 Å². The van der Waals surface area contributed by atoms with Gasteiger partial charge >= 0.3 is 0 Å². The van der Waals surface area contributed by atoms with Crippen LogP contribution in [0.15, 0.2) is 30.3 Å². The molecule has 0 fully saturated rings. The Labute approximate surface area is 123 Å². The number of nitrogens with one attached hydrogen (secondary N) is 2. The summed E-state index contributed by atoms with van der Waals surface area (Å²) < 4.78 is 0. The van der Waals surface area contributed by atoms with Gasteiger partial charge in [-0.25, -0.2) is 0 Å². The number of amides is 1. The molecule has 3 nitrogen and oxygen atoms in total. The average Bonchev–Trinajstić information content (AvgIpc) is 2.32. The van der Waals surface area contributed by atoms with E-state index in [1.165, 1.54) is 0 Å². The second kappa shape index (κ2) is 6.89. The topological polar surface area (TPSA) is 41.1 Å². The minimum atomic E-state index is -0.0393. The van der Waals surface area contributed by atoms with E-state index in [-0.39, 0.29) is 16.9 Å². The Morgan fingerprint density at radius 3 is 2.20 bits per heavy atom. The van der Waals surface area contributed by atoms with Crippen molar-refractivity contribution in [2.75, 3.05) is 6.54 Å². The Morgan fingerprint density at radius 2 is 1.65 bits per heavy atom. The van der Waals surface area contributed by atoms with Crippen LogP contribution in [-0.4, -0.2) is 18.0 Å². The monoisotopic (exact) mass is 276 g/mol. The minimum absolute atomic E-state index is 0.0378. The predicted octanol–water partition coefficient (Wildman–Crippen LogP) is 3.11. The molecule has 20 heavy (non-hydrogen) atoms. The molecule has 0 atom stereocenters. The lowest BCUT2D eigenvalue weighted by atomic mass is 9.82. The van der Waals surface area contributed by atoms with Crippen LogP contribution in [0.25, 0.3) is 0 Å². The first-order valence-corrected chi connectivity index (χ1v) is 7.24. The van der Waals surface area contributed by atoms with Crippen LogP contribution >= 0.6 is 0 Å². The summed E-state index contributed by atoms with van der Waals surface area (Å²) in [7, 11) is 0. The molecule has 112 valence electrons. The second-order valence-electron chi connectivity index (χ2n) is 7.24. The van der Waals surface area contributed by atoms with E-state index in [1.807, 2.05) is 30.3 Å². The van der Waals surface area contributed by atoms with Gasteiger partial charge in [0.05, 0.1) is 6.54 Å². The van der Waals surface area contributed by atoms with Crippen molar-refractivity contribution in [3.05, 3.63) is 35.9 Å². The van der Waals surface area contributed by atoms with Gasteiger partial charge in [-0.3, -0.25) is 4.79 Å². The zero-order chi connectivity index (χ0) is 15.2. The van der Waals surface area contributed by atoms with E-state index in [9.17, 15) is 4.79 Å². The third-order valence-electron chi connectivity index (χ3n) is 3.03. The zero-order valence-electron chi connectivity index (χ0n) is 13.4. The lowest BCUT2D eigenvalue weighted by Crippen LogP contribution is -2.47. The van der Waals surface area contributed by atoms with Crippen molar-refractivity contribution >= 4 is 5.91 Å². The maximum atomic E-state index is 11.9. The van der Waals surface area contributed by atoms with Crippen LogP contribution in [0.5, 0.6) is 0 Å². The molecule has 2 N–H and O–H groups in total. The Balaban J connectivity index is 2.33.